The first-order valence-electron chi connectivity index (χ1n) is 7.52. The van der Waals surface area contributed by atoms with Gasteiger partial charge in [0.05, 0.1) is 4.88 Å². The molecule has 2 amide bonds. The number of amides is 2. The third-order valence-corrected chi connectivity index (χ3v) is 4.23. The summed E-state index contributed by atoms with van der Waals surface area (Å²) in [5, 5.41) is 7.33. The van der Waals surface area contributed by atoms with Crippen molar-refractivity contribution in [2.45, 2.75) is 6.54 Å². The lowest BCUT2D eigenvalue weighted by atomic mass is 10.2. The maximum atomic E-state index is 12.1. The summed E-state index contributed by atoms with van der Waals surface area (Å²) in [7, 11) is 0. The Bertz CT molecular complexity index is 948. The predicted octanol–water partition coefficient (Wildman–Crippen LogP) is 2.80. The van der Waals surface area contributed by atoms with E-state index in [4.69, 9.17) is 0 Å². The lowest BCUT2D eigenvalue weighted by Crippen LogP contribution is -2.26. The summed E-state index contributed by atoms with van der Waals surface area (Å²) >= 11 is 1.35. The van der Waals surface area contributed by atoms with E-state index in [2.05, 4.69) is 10.6 Å². The number of hydrogen-bond acceptors (Lipinski definition) is 4. The summed E-state index contributed by atoms with van der Waals surface area (Å²) in [6.07, 6.45) is 1.56. The van der Waals surface area contributed by atoms with Crippen LogP contribution < -0.4 is 16.2 Å². The largest absolute Gasteiger partial charge is 0.324 e. The molecule has 0 aliphatic heterocycles. The molecule has 3 rings (SSSR count). The van der Waals surface area contributed by atoms with Crippen molar-refractivity contribution >= 4 is 34.5 Å². The number of thiophene rings is 1. The first-order valence-corrected chi connectivity index (χ1v) is 8.40. The molecule has 25 heavy (non-hydrogen) atoms. The number of nitrogens with zero attached hydrogens (tertiary/aromatic N) is 1. The van der Waals surface area contributed by atoms with Gasteiger partial charge in [-0.1, -0.05) is 18.2 Å². The SMILES string of the molecule is O=C(Cn1ccccc1=O)Nc1cccc(NC(=O)c2cccs2)c1. The number of carbonyl (C=O) groups is 2. The zero-order chi connectivity index (χ0) is 17.6. The van der Waals surface area contributed by atoms with Crippen molar-refractivity contribution in [3.8, 4) is 0 Å². The van der Waals surface area contributed by atoms with Gasteiger partial charge in [-0.2, -0.15) is 0 Å². The van der Waals surface area contributed by atoms with Crippen LogP contribution in [0.25, 0.3) is 0 Å². The third kappa shape index (κ3) is 4.42. The molecule has 1 aromatic carbocycles. The lowest BCUT2D eigenvalue weighted by molar-refractivity contribution is -0.116. The molecule has 0 aliphatic rings. The Balaban J connectivity index is 1.65. The average molecular weight is 353 g/mol. The topological polar surface area (TPSA) is 80.2 Å². The maximum Gasteiger partial charge on any atom is 0.265 e. The maximum absolute atomic E-state index is 12.1. The highest BCUT2D eigenvalue weighted by atomic mass is 32.1. The summed E-state index contributed by atoms with van der Waals surface area (Å²) in [5.74, 6) is -0.524. The summed E-state index contributed by atoms with van der Waals surface area (Å²) in [6.45, 7) is -0.0779. The fourth-order valence-electron chi connectivity index (χ4n) is 2.22. The number of hydrogen-bond donors (Lipinski definition) is 2. The van der Waals surface area contributed by atoms with Crippen molar-refractivity contribution in [3.63, 3.8) is 0 Å². The van der Waals surface area contributed by atoms with Crippen molar-refractivity contribution in [3.05, 3.63) is 81.4 Å². The molecule has 0 bridgehead atoms. The van der Waals surface area contributed by atoms with Crippen LogP contribution in [0, 0.1) is 0 Å². The Morgan fingerprint density at radius 2 is 1.76 bits per heavy atom. The quantitative estimate of drug-likeness (QED) is 0.740. The van der Waals surface area contributed by atoms with Crippen LogP contribution in [-0.2, 0) is 11.3 Å². The minimum Gasteiger partial charge on any atom is -0.324 e. The van der Waals surface area contributed by atoms with Crippen molar-refractivity contribution in [2.75, 3.05) is 10.6 Å². The monoisotopic (exact) mass is 353 g/mol. The van der Waals surface area contributed by atoms with Gasteiger partial charge in [0.2, 0.25) is 5.91 Å². The Labute approximate surface area is 147 Å². The molecule has 3 aromatic rings. The first kappa shape index (κ1) is 16.7. The van der Waals surface area contributed by atoms with E-state index in [1.165, 1.54) is 22.0 Å². The van der Waals surface area contributed by atoms with Gasteiger partial charge in [-0.15, -0.1) is 11.3 Å². The van der Waals surface area contributed by atoms with Gasteiger partial charge in [-0.05, 0) is 35.7 Å². The molecule has 0 aliphatic carbocycles. The molecule has 126 valence electrons. The van der Waals surface area contributed by atoms with Crippen LogP contribution in [0.3, 0.4) is 0 Å². The van der Waals surface area contributed by atoms with Gasteiger partial charge < -0.3 is 15.2 Å². The number of anilines is 2. The Kier molecular flexibility index (Phi) is 5.06. The smallest absolute Gasteiger partial charge is 0.265 e. The Morgan fingerprint density at radius 1 is 0.960 bits per heavy atom. The van der Waals surface area contributed by atoms with Crippen molar-refractivity contribution in [1.29, 1.82) is 0 Å². The number of rotatable bonds is 5. The van der Waals surface area contributed by atoms with Gasteiger partial charge in [0.1, 0.15) is 6.54 Å². The predicted molar refractivity (Wildman–Crippen MR) is 98.0 cm³/mol. The lowest BCUT2D eigenvalue weighted by Gasteiger charge is -2.09. The molecule has 0 spiro atoms. The zero-order valence-corrected chi connectivity index (χ0v) is 14.0. The minimum absolute atomic E-state index is 0.0779. The van der Waals surface area contributed by atoms with Gasteiger partial charge in [-0.3, -0.25) is 14.4 Å². The Morgan fingerprint density at radius 3 is 2.48 bits per heavy atom. The van der Waals surface area contributed by atoms with Gasteiger partial charge in [0.15, 0.2) is 0 Å². The van der Waals surface area contributed by atoms with Crippen LogP contribution in [0.1, 0.15) is 9.67 Å². The standard InChI is InChI=1S/C18H15N3O3S/c22-16(12-21-9-2-1-8-17(21)23)19-13-5-3-6-14(11-13)20-18(24)15-7-4-10-25-15/h1-11H,12H2,(H,19,22)(H,20,24). The van der Waals surface area contributed by atoms with E-state index >= 15 is 0 Å². The van der Waals surface area contributed by atoms with Gasteiger partial charge in [-0.25, -0.2) is 0 Å². The number of aromatic nitrogens is 1. The van der Waals surface area contributed by atoms with Crippen molar-refractivity contribution < 1.29 is 9.59 Å². The Hall–Kier alpha value is -3.19. The van der Waals surface area contributed by atoms with E-state index in [1.807, 2.05) is 11.4 Å². The molecule has 2 N–H and O–H groups in total. The van der Waals surface area contributed by atoms with Crippen LogP contribution in [0.5, 0.6) is 0 Å². The second-order valence-corrected chi connectivity index (χ2v) is 6.17. The molecule has 2 aromatic heterocycles. The van der Waals surface area contributed by atoms with Crippen LogP contribution >= 0.6 is 11.3 Å². The highest BCUT2D eigenvalue weighted by Gasteiger charge is 2.08. The summed E-state index contributed by atoms with van der Waals surface area (Å²) in [6, 6.07) is 15.1. The molecule has 0 saturated carbocycles. The molecule has 0 unspecified atom stereocenters. The molecule has 0 radical (unpaired) electrons. The van der Waals surface area contributed by atoms with E-state index < -0.39 is 0 Å². The number of pyridine rings is 1. The second kappa shape index (κ2) is 7.59. The normalized spacial score (nSPS) is 10.2. The molecule has 2 heterocycles. The van der Waals surface area contributed by atoms with Crippen molar-refractivity contribution in [1.82, 2.24) is 4.57 Å². The highest BCUT2D eigenvalue weighted by Crippen LogP contribution is 2.17. The molecule has 0 fully saturated rings. The van der Waals surface area contributed by atoms with Crippen LogP contribution in [0.4, 0.5) is 11.4 Å². The van der Waals surface area contributed by atoms with Crippen LogP contribution in [0.2, 0.25) is 0 Å². The third-order valence-electron chi connectivity index (χ3n) is 3.36. The number of nitrogens with one attached hydrogen (secondary N) is 2. The fraction of sp³-hybridized carbons (Fsp3) is 0.0556. The number of benzene rings is 1. The summed E-state index contributed by atoms with van der Waals surface area (Å²) in [4.78, 5) is 36.4. The van der Waals surface area contributed by atoms with Crippen LogP contribution in [0.15, 0.2) is 71.0 Å². The van der Waals surface area contributed by atoms with Crippen molar-refractivity contribution in [2.24, 2.45) is 0 Å². The average Bonchev–Trinajstić information content (AvgIpc) is 3.12. The molecule has 7 heteroatoms. The van der Waals surface area contributed by atoms with E-state index in [1.54, 1.807) is 48.7 Å². The molecule has 0 saturated heterocycles. The van der Waals surface area contributed by atoms with E-state index in [0.717, 1.165) is 0 Å². The van der Waals surface area contributed by atoms with Gasteiger partial charge >= 0.3 is 0 Å². The zero-order valence-electron chi connectivity index (χ0n) is 13.1. The van der Waals surface area contributed by atoms with E-state index in [9.17, 15) is 14.4 Å². The van der Waals surface area contributed by atoms with Crippen LogP contribution in [-0.4, -0.2) is 16.4 Å². The van der Waals surface area contributed by atoms with Gasteiger partial charge in [0.25, 0.3) is 11.5 Å². The highest BCUT2D eigenvalue weighted by molar-refractivity contribution is 7.12. The molecule has 6 nitrogen and oxygen atoms in total. The minimum atomic E-state index is -0.324. The summed E-state index contributed by atoms with van der Waals surface area (Å²) < 4.78 is 1.32. The van der Waals surface area contributed by atoms with Gasteiger partial charge in [0, 0.05) is 23.6 Å². The molecular formula is C18H15N3O3S. The molecule has 0 atom stereocenters. The fourth-order valence-corrected chi connectivity index (χ4v) is 2.84. The molecular weight excluding hydrogens is 338 g/mol. The second-order valence-electron chi connectivity index (χ2n) is 5.23. The van der Waals surface area contributed by atoms with E-state index in [0.29, 0.717) is 16.3 Å². The first-order chi connectivity index (χ1) is 12.1. The van der Waals surface area contributed by atoms with E-state index in [-0.39, 0.29) is 23.9 Å². The number of carbonyl (C=O) groups excluding carboxylic acids is 2. The summed E-state index contributed by atoms with van der Waals surface area (Å²) in [5.41, 5.74) is 0.876.